The molecule has 2 rings (SSSR count). The summed E-state index contributed by atoms with van der Waals surface area (Å²) in [6.07, 6.45) is 1.94. The van der Waals surface area contributed by atoms with Gasteiger partial charge in [-0.15, -0.1) is 12.1 Å². The van der Waals surface area contributed by atoms with Crippen molar-refractivity contribution in [1.29, 1.82) is 0 Å². The summed E-state index contributed by atoms with van der Waals surface area (Å²) in [5.74, 6) is 0. The van der Waals surface area contributed by atoms with Crippen LogP contribution in [0, 0.1) is 21.8 Å². The molecule has 0 bridgehead atoms. The van der Waals surface area contributed by atoms with E-state index in [0.29, 0.717) is 0 Å². The molecule has 0 radical (unpaired) electrons. The van der Waals surface area contributed by atoms with Gasteiger partial charge in [-0.3, -0.25) is 0 Å². The molecule has 1 aliphatic heterocycles. The summed E-state index contributed by atoms with van der Waals surface area (Å²) < 4.78 is 5.36. The number of amides is 1. The molecule has 1 atom stereocenters. The molecule has 24 heavy (non-hydrogen) atoms. The quantitative estimate of drug-likeness (QED) is 0.301. The second kappa shape index (κ2) is 12.8. The minimum atomic E-state index is -0.399. The van der Waals surface area contributed by atoms with Gasteiger partial charge >= 0.3 is 109 Å². The van der Waals surface area contributed by atoms with Crippen molar-refractivity contribution < 1.29 is 20.4 Å². The Morgan fingerprint density at radius 1 is 1.33 bits per heavy atom. The fourth-order valence-electron chi connectivity index (χ4n) is 1.97. The number of likely N-dealkylation sites (tertiary alicyclic amines) is 1. The van der Waals surface area contributed by atoms with Crippen LogP contribution in [0.15, 0.2) is 30.3 Å². The van der Waals surface area contributed by atoms with E-state index in [1.54, 1.807) is 0 Å². The normalized spacial score (nSPS) is 17.2. The van der Waals surface area contributed by atoms with Gasteiger partial charge in [-0.25, -0.2) is 0 Å². The maximum absolute atomic E-state index is 11.8. The monoisotopic (exact) mass is 489 g/mol. The molecular weight excluding hydrogens is 460 g/mol. The molecule has 1 aliphatic rings. The minimum Gasteiger partial charge on any atom is -0.358 e. The molecule has 0 aliphatic carbocycles. The summed E-state index contributed by atoms with van der Waals surface area (Å²) in [4.78, 5) is 15.8. The maximum atomic E-state index is 11.8. The zero-order chi connectivity index (χ0) is 16.6. The summed E-state index contributed by atoms with van der Waals surface area (Å²) in [5.41, 5.74) is 0.672. The van der Waals surface area contributed by atoms with Gasteiger partial charge in [0.15, 0.2) is 0 Å². The molecule has 3 nitrogen and oxygen atoms in total. The van der Waals surface area contributed by atoms with Crippen molar-refractivity contribution >= 4 is 31.6 Å². The van der Waals surface area contributed by atoms with E-state index in [2.05, 4.69) is 32.4 Å². The molecule has 0 aromatic heterocycles. The van der Waals surface area contributed by atoms with Crippen LogP contribution in [0.3, 0.4) is 0 Å². The first-order valence-electron chi connectivity index (χ1n) is 7.22. The summed E-state index contributed by atoms with van der Waals surface area (Å²) in [7, 11) is 1.47. The van der Waals surface area contributed by atoms with Crippen LogP contribution >= 0.6 is 20.5 Å². The van der Waals surface area contributed by atoms with E-state index in [1.165, 1.54) is 10.8 Å². The van der Waals surface area contributed by atoms with Gasteiger partial charge in [-0.2, -0.15) is 24.6 Å². The molecule has 0 N–H and O–H groups in total. The van der Waals surface area contributed by atoms with Gasteiger partial charge in [0.05, 0.1) is 0 Å². The number of nitrogens with zero attached hydrogens (tertiary/aromatic N) is 1. The molecule has 5 heteroatoms. The Balaban J connectivity index is 0. The molecule has 0 unspecified atom stereocenters. The van der Waals surface area contributed by atoms with E-state index >= 15 is 0 Å². The molecule has 1 saturated heterocycles. The van der Waals surface area contributed by atoms with Crippen molar-refractivity contribution in [2.45, 2.75) is 45.3 Å². The SMILES string of the molecule is CC(C)(C)OC(=O)N1CCC[C@H]1[CH]=[Ni][I].[CH2-]c1ccccc1.[CH3-].[CH3-]. The third-order valence-electron chi connectivity index (χ3n) is 2.93. The van der Waals surface area contributed by atoms with E-state index in [4.69, 9.17) is 4.74 Å². The molecule has 0 spiro atoms. The van der Waals surface area contributed by atoms with Crippen molar-refractivity contribution in [1.82, 2.24) is 4.90 Å². The average molecular weight is 490 g/mol. The third-order valence-corrected chi connectivity index (χ3v) is 4.37. The third kappa shape index (κ3) is 10.3. The first kappa shape index (κ1) is 25.7. The number of hydrogen-bond donors (Lipinski definition) is 0. The summed E-state index contributed by atoms with van der Waals surface area (Å²) in [6.45, 7) is 10.2. The first-order chi connectivity index (χ1) is 10.3. The molecule has 1 amide bonds. The van der Waals surface area contributed by atoms with Crippen molar-refractivity contribution in [3.63, 3.8) is 0 Å². The Morgan fingerprint density at radius 2 is 1.92 bits per heavy atom. The molecule has 1 aromatic carbocycles. The van der Waals surface area contributed by atoms with Gasteiger partial charge < -0.3 is 14.9 Å². The summed E-state index contributed by atoms with van der Waals surface area (Å²) in [5, 5.41) is 0. The van der Waals surface area contributed by atoms with Crippen LogP contribution in [0.1, 0.15) is 39.2 Å². The molecule has 143 valence electrons. The molecular formula is C19H30INNiO2-3. The minimum absolute atomic E-state index is 0. The Labute approximate surface area is 165 Å². The van der Waals surface area contributed by atoms with Crippen molar-refractivity contribution in [2.75, 3.05) is 6.54 Å². The number of hydrogen-bond acceptors (Lipinski definition) is 2. The van der Waals surface area contributed by atoms with Gasteiger partial charge in [-0.1, -0.05) is 6.07 Å². The topological polar surface area (TPSA) is 29.5 Å². The van der Waals surface area contributed by atoms with Crippen molar-refractivity contribution in [3.05, 3.63) is 57.7 Å². The zero-order valence-corrected chi connectivity index (χ0v) is 18.5. The first-order valence-corrected chi connectivity index (χ1v) is 11.0. The van der Waals surface area contributed by atoms with Gasteiger partial charge in [-0.05, 0) is 0 Å². The molecule has 1 heterocycles. The molecule has 1 aromatic rings. The summed E-state index contributed by atoms with van der Waals surface area (Å²) >= 11 is 2.24. The van der Waals surface area contributed by atoms with Crippen molar-refractivity contribution in [3.8, 4) is 0 Å². The average Bonchev–Trinajstić information content (AvgIpc) is 2.87. The zero-order valence-electron chi connectivity index (χ0n) is 15.3. The smallest absolute Gasteiger partial charge is 0.0866 e. The van der Waals surface area contributed by atoms with Crippen LogP contribution < -0.4 is 0 Å². The van der Waals surface area contributed by atoms with Gasteiger partial charge in [0.25, 0.3) is 0 Å². The Kier molecular flexibility index (Phi) is 13.7. The van der Waals surface area contributed by atoms with Crippen LogP contribution in [0.5, 0.6) is 0 Å². The number of carbonyl (C=O) groups excluding carboxylic acids is 1. The number of benzene rings is 1. The van der Waals surface area contributed by atoms with Crippen LogP contribution in [0.4, 0.5) is 4.79 Å². The van der Waals surface area contributed by atoms with Crippen molar-refractivity contribution in [2.24, 2.45) is 0 Å². The Morgan fingerprint density at radius 3 is 2.33 bits per heavy atom. The Bertz CT molecular complexity index is 486. The van der Waals surface area contributed by atoms with E-state index in [9.17, 15) is 4.79 Å². The van der Waals surface area contributed by atoms with E-state index in [-0.39, 0.29) is 27.0 Å². The van der Waals surface area contributed by atoms with Crippen LogP contribution in [-0.2, 0) is 15.6 Å². The number of rotatable bonds is 1. The fraction of sp³-hybridized carbons (Fsp3) is 0.421. The van der Waals surface area contributed by atoms with Gasteiger partial charge in [0.2, 0.25) is 0 Å². The predicted octanol–water partition coefficient (Wildman–Crippen LogP) is 5.39. The molecule has 0 saturated carbocycles. The maximum Gasteiger partial charge on any atom is -0.0866 e. The van der Waals surface area contributed by atoms with Crippen LogP contribution in [0.25, 0.3) is 0 Å². The Hall–Kier alpha value is -0.546. The van der Waals surface area contributed by atoms with Crippen LogP contribution in [0.2, 0.25) is 0 Å². The largest absolute Gasteiger partial charge is 0.358 e. The second-order valence-electron chi connectivity index (χ2n) is 6.04. The number of ether oxygens (including phenoxy) is 1. The fourth-order valence-corrected chi connectivity index (χ4v) is 3.54. The summed E-state index contributed by atoms with van der Waals surface area (Å²) in [6, 6.07) is 10.1. The van der Waals surface area contributed by atoms with Gasteiger partial charge in [0.1, 0.15) is 0 Å². The number of carbonyl (C=O) groups is 1. The van der Waals surface area contributed by atoms with E-state index < -0.39 is 5.60 Å². The van der Waals surface area contributed by atoms with E-state index in [1.807, 2.05) is 56.0 Å². The van der Waals surface area contributed by atoms with Crippen LogP contribution in [-0.4, -0.2) is 34.2 Å². The molecule has 1 fully saturated rings. The number of halogens is 1. The van der Waals surface area contributed by atoms with Gasteiger partial charge in [0, 0.05) is 0 Å². The van der Waals surface area contributed by atoms with E-state index in [0.717, 1.165) is 24.9 Å². The second-order valence-corrected chi connectivity index (χ2v) is 8.21. The predicted molar refractivity (Wildman–Crippen MR) is 110 cm³/mol. The standard InChI is InChI=1S/C10H17NO2.C7H7.2CH3.HI.Ni/c1-8-6-5-7-11(8)9(12)13-10(2,3)4;1-7-5-3-2-4-6-7;;;;/h1,8H,5-7H2,2-4H3;2-6H,1H2;2*1H3;1H;/q;3*-1;;+1/p-1/t8-;;;;;/m1...../s1.